The fourth-order valence-corrected chi connectivity index (χ4v) is 2.15. The molecule has 0 fully saturated rings. The van der Waals surface area contributed by atoms with Crippen LogP contribution in [0, 0.1) is 0 Å². The Hall–Kier alpha value is 0.740. The molecule has 1 N–H and O–H groups in total. The molecule has 0 unspecified atom stereocenters. The van der Waals surface area contributed by atoms with E-state index in [0.717, 1.165) is 18.6 Å². The minimum atomic E-state index is -3.05. The summed E-state index contributed by atoms with van der Waals surface area (Å²) in [4.78, 5) is 0. The van der Waals surface area contributed by atoms with Crippen molar-refractivity contribution >= 4 is 37.7 Å². The Morgan fingerprint density at radius 3 is 2.58 bits per heavy atom. The molecule has 0 rings (SSSR count). The molecule has 0 aromatic rings. The second kappa shape index (κ2) is 7.17. The lowest BCUT2D eigenvalue weighted by Gasteiger charge is -2.02. The van der Waals surface area contributed by atoms with Crippen LogP contribution in [0.3, 0.4) is 0 Å². The Morgan fingerprint density at radius 2 is 2.08 bits per heavy atom. The number of sulfonamides is 1. The maximum absolute atomic E-state index is 10.9. The molecule has 0 aliphatic carbocycles. The highest BCUT2D eigenvalue weighted by atomic mass is 79.9. The van der Waals surface area contributed by atoms with Crippen molar-refractivity contribution in [3.63, 3.8) is 0 Å². The van der Waals surface area contributed by atoms with Gasteiger partial charge in [-0.1, -0.05) is 15.9 Å². The van der Waals surface area contributed by atoms with E-state index < -0.39 is 10.0 Å². The van der Waals surface area contributed by atoms with Crippen molar-refractivity contribution < 1.29 is 8.42 Å². The number of thioether (sulfide) groups is 1. The van der Waals surface area contributed by atoms with Gasteiger partial charge < -0.3 is 0 Å². The Labute approximate surface area is 86.9 Å². The molecule has 0 saturated carbocycles. The van der Waals surface area contributed by atoms with Gasteiger partial charge in [0.1, 0.15) is 4.66 Å². The van der Waals surface area contributed by atoms with E-state index >= 15 is 0 Å². The van der Waals surface area contributed by atoms with Crippen molar-refractivity contribution in [2.24, 2.45) is 0 Å². The first-order valence-electron chi connectivity index (χ1n) is 3.64. The van der Waals surface area contributed by atoms with Gasteiger partial charge in [0.15, 0.2) is 0 Å². The van der Waals surface area contributed by atoms with Gasteiger partial charge in [-0.3, -0.25) is 0 Å². The van der Waals surface area contributed by atoms with E-state index in [1.54, 1.807) is 11.8 Å². The number of unbranched alkanes of at least 4 members (excludes halogenated alkanes) is 1. The zero-order valence-electron chi connectivity index (χ0n) is 7.05. The maximum atomic E-state index is 10.9. The Bertz CT molecular complexity index is 194. The first kappa shape index (κ1) is 12.7. The van der Waals surface area contributed by atoms with Crippen molar-refractivity contribution in [3.05, 3.63) is 0 Å². The normalized spacial score (nSPS) is 11.8. The van der Waals surface area contributed by atoms with Crippen LogP contribution in [-0.2, 0) is 10.0 Å². The first-order valence-corrected chi connectivity index (χ1v) is 7.81. The molecule has 0 aromatic heterocycles. The van der Waals surface area contributed by atoms with Gasteiger partial charge in [0.05, 0.1) is 0 Å². The van der Waals surface area contributed by atoms with E-state index in [1.165, 1.54) is 0 Å². The van der Waals surface area contributed by atoms with Crippen molar-refractivity contribution in [2.45, 2.75) is 12.8 Å². The number of rotatable bonds is 7. The molecule has 0 amide bonds. The Balaban J connectivity index is 3.32. The standard InChI is InChI=1S/C6H14BrNO2S2/c1-11-5-3-2-4-8-12(9,10)6-7/h8H,2-6H2,1H3. The van der Waals surface area contributed by atoms with E-state index in [9.17, 15) is 8.42 Å². The van der Waals surface area contributed by atoms with Crippen molar-refractivity contribution in [2.75, 3.05) is 23.2 Å². The molecule has 3 nitrogen and oxygen atoms in total. The molecule has 0 aliphatic rings. The highest BCUT2D eigenvalue weighted by Gasteiger charge is 2.04. The predicted octanol–water partition coefficient (Wildman–Crippen LogP) is 1.40. The zero-order chi connectivity index (χ0) is 9.45. The van der Waals surface area contributed by atoms with Crippen LogP contribution in [0.25, 0.3) is 0 Å². The topological polar surface area (TPSA) is 46.2 Å². The monoisotopic (exact) mass is 275 g/mol. The van der Waals surface area contributed by atoms with Crippen molar-refractivity contribution in [1.29, 1.82) is 0 Å². The fraction of sp³-hybridized carbons (Fsp3) is 1.00. The van der Waals surface area contributed by atoms with E-state index in [0.29, 0.717) is 6.54 Å². The molecule has 0 aliphatic heterocycles. The van der Waals surface area contributed by atoms with Gasteiger partial charge in [-0.2, -0.15) is 11.8 Å². The third-order valence-corrected chi connectivity index (χ3v) is 4.68. The fourth-order valence-electron chi connectivity index (χ4n) is 0.638. The quantitative estimate of drug-likeness (QED) is 0.565. The van der Waals surface area contributed by atoms with Crippen LogP contribution < -0.4 is 4.72 Å². The smallest absolute Gasteiger partial charge is 0.215 e. The molecule has 0 radical (unpaired) electrons. The van der Waals surface area contributed by atoms with Crippen molar-refractivity contribution in [1.82, 2.24) is 4.72 Å². The van der Waals surface area contributed by atoms with Crippen LogP contribution in [0.2, 0.25) is 0 Å². The number of hydrogen-bond donors (Lipinski definition) is 1. The van der Waals surface area contributed by atoms with Gasteiger partial charge in [-0.15, -0.1) is 0 Å². The largest absolute Gasteiger partial charge is 0.221 e. The van der Waals surface area contributed by atoms with Gasteiger partial charge >= 0.3 is 0 Å². The van der Waals surface area contributed by atoms with Crippen LogP contribution in [0.5, 0.6) is 0 Å². The lowest BCUT2D eigenvalue weighted by Crippen LogP contribution is -2.25. The molecule has 0 bridgehead atoms. The van der Waals surface area contributed by atoms with Gasteiger partial charge in [0, 0.05) is 6.54 Å². The average Bonchev–Trinajstić information content (AvgIpc) is 2.04. The maximum Gasteiger partial charge on any atom is 0.221 e. The number of nitrogens with one attached hydrogen (secondary N) is 1. The zero-order valence-corrected chi connectivity index (χ0v) is 10.3. The molecule has 0 spiro atoms. The molecule has 0 atom stereocenters. The van der Waals surface area contributed by atoms with E-state index in [2.05, 4.69) is 20.7 Å². The third kappa shape index (κ3) is 7.39. The average molecular weight is 276 g/mol. The Kier molecular flexibility index (Phi) is 7.62. The summed E-state index contributed by atoms with van der Waals surface area (Å²) in [5, 5.41) is 0. The molecule has 74 valence electrons. The van der Waals surface area contributed by atoms with Crippen LogP contribution in [0.4, 0.5) is 0 Å². The predicted molar refractivity (Wildman–Crippen MR) is 58.3 cm³/mol. The summed E-state index contributed by atoms with van der Waals surface area (Å²) in [5.74, 6) is 1.09. The molecule has 0 heterocycles. The molecular weight excluding hydrogens is 262 g/mol. The molecular formula is C6H14BrNO2S2. The summed E-state index contributed by atoms with van der Waals surface area (Å²) in [6, 6.07) is 0. The highest BCUT2D eigenvalue weighted by molar-refractivity contribution is 9.10. The summed E-state index contributed by atoms with van der Waals surface area (Å²) in [5.41, 5.74) is 0. The summed E-state index contributed by atoms with van der Waals surface area (Å²) >= 11 is 4.68. The van der Waals surface area contributed by atoms with Crippen LogP contribution >= 0.6 is 27.7 Å². The van der Waals surface area contributed by atoms with E-state index in [1.807, 2.05) is 6.26 Å². The molecule has 6 heteroatoms. The minimum Gasteiger partial charge on any atom is -0.215 e. The first-order chi connectivity index (χ1) is 5.62. The summed E-state index contributed by atoms with van der Waals surface area (Å²) in [6.45, 7) is 0.550. The lowest BCUT2D eigenvalue weighted by molar-refractivity contribution is 0.584. The SMILES string of the molecule is CSCCCCNS(=O)(=O)CBr. The van der Waals surface area contributed by atoms with Gasteiger partial charge in [-0.25, -0.2) is 13.1 Å². The van der Waals surface area contributed by atoms with E-state index in [4.69, 9.17) is 0 Å². The molecule has 0 aromatic carbocycles. The number of halogens is 1. The Morgan fingerprint density at radius 1 is 1.42 bits per heavy atom. The van der Waals surface area contributed by atoms with Crippen LogP contribution in [-0.4, -0.2) is 31.6 Å². The second-order valence-electron chi connectivity index (χ2n) is 2.32. The summed E-state index contributed by atoms with van der Waals surface area (Å²) in [7, 11) is -3.05. The third-order valence-electron chi connectivity index (χ3n) is 1.24. The van der Waals surface area contributed by atoms with Gasteiger partial charge in [0.2, 0.25) is 10.0 Å². The van der Waals surface area contributed by atoms with Crippen LogP contribution in [0.1, 0.15) is 12.8 Å². The van der Waals surface area contributed by atoms with Gasteiger partial charge in [0.25, 0.3) is 0 Å². The number of alkyl halides is 1. The molecule has 0 saturated heterocycles. The summed E-state index contributed by atoms with van der Waals surface area (Å²) in [6.07, 6.45) is 4.02. The van der Waals surface area contributed by atoms with Crippen molar-refractivity contribution in [3.8, 4) is 0 Å². The number of hydrogen-bond acceptors (Lipinski definition) is 3. The lowest BCUT2D eigenvalue weighted by atomic mass is 10.3. The highest BCUT2D eigenvalue weighted by Crippen LogP contribution is 1.98. The second-order valence-corrected chi connectivity index (χ2v) is 6.41. The van der Waals surface area contributed by atoms with Crippen LogP contribution in [0.15, 0.2) is 0 Å². The molecule has 12 heavy (non-hydrogen) atoms. The summed E-state index contributed by atoms with van der Waals surface area (Å²) < 4.78 is 24.2. The minimum absolute atomic E-state index is 0.0114. The van der Waals surface area contributed by atoms with E-state index in [-0.39, 0.29) is 4.66 Å². The van der Waals surface area contributed by atoms with Gasteiger partial charge in [-0.05, 0) is 24.9 Å².